The van der Waals surface area contributed by atoms with Gasteiger partial charge < -0.3 is 25.0 Å². The molecule has 0 spiro atoms. The molecule has 4 rings (SSSR count). The summed E-state index contributed by atoms with van der Waals surface area (Å²) in [6, 6.07) is 16.0. The molecule has 0 unspecified atom stereocenters. The third-order valence-electron chi connectivity index (χ3n) is 5.05. The van der Waals surface area contributed by atoms with Crippen LogP contribution in [0.4, 0.5) is 29.0 Å². The number of nitrogens with one attached hydrogen (secondary N) is 2. The van der Waals surface area contributed by atoms with Gasteiger partial charge in [-0.25, -0.2) is 0 Å². The Morgan fingerprint density at radius 1 is 0.933 bits per heavy atom. The van der Waals surface area contributed by atoms with Gasteiger partial charge in [0.2, 0.25) is 5.95 Å². The van der Waals surface area contributed by atoms with Crippen molar-refractivity contribution in [2.24, 2.45) is 0 Å². The van der Waals surface area contributed by atoms with Gasteiger partial charge in [0.1, 0.15) is 17.4 Å². The lowest BCUT2D eigenvalue weighted by atomic mass is 10.1. The molecule has 2 N–H and O–H groups in total. The van der Waals surface area contributed by atoms with Gasteiger partial charge in [0.25, 0.3) is 0 Å². The Bertz CT molecular complexity index is 1000. The van der Waals surface area contributed by atoms with E-state index < -0.39 is 0 Å². The molecule has 0 atom stereocenters. The van der Waals surface area contributed by atoms with Crippen LogP contribution in [-0.4, -0.2) is 43.4 Å². The average Bonchev–Trinajstić information content (AvgIpc) is 2.77. The average molecular weight is 406 g/mol. The maximum atomic E-state index is 5.50. The van der Waals surface area contributed by atoms with Crippen LogP contribution >= 0.6 is 0 Å². The fraction of sp³-hybridized carbons (Fsp3) is 0.304. The zero-order valence-corrected chi connectivity index (χ0v) is 17.6. The first-order valence-corrected chi connectivity index (χ1v) is 10.1. The predicted molar refractivity (Wildman–Crippen MR) is 121 cm³/mol. The molecular formula is C23H27N5O2. The molecule has 0 bridgehead atoms. The van der Waals surface area contributed by atoms with Gasteiger partial charge in [-0.1, -0.05) is 12.1 Å². The minimum absolute atomic E-state index is 0.539. The summed E-state index contributed by atoms with van der Waals surface area (Å²) in [6.07, 6.45) is 0. The molecule has 3 aromatic rings. The summed E-state index contributed by atoms with van der Waals surface area (Å²) in [7, 11) is 1.66. The normalized spacial score (nSPS) is 13.8. The SMILES string of the molecule is COc1ccc(Nc2nc(Nc3cc(C)ccc3C)cc(N3CCOCC3)n2)cc1. The van der Waals surface area contributed by atoms with Crippen molar-refractivity contribution in [2.45, 2.75) is 13.8 Å². The second-order valence-corrected chi connectivity index (χ2v) is 7.33. The Balaban J connectivity index is 1.65. The Labute approximate surface area is 177 Å². The van der Waals surface area contributed by atoms with Gasteiger partial charge >= 0.3 is 0 Å². The lowest BCUT2D eigenvalue weighted by Crippen LogP contribution is -2.36. The first-order valence-electron chi connectivity index (χ1n) is 10.1. The van der Waals surface area contributed by atoms with E-state index in [0.717, 1.165) is 47.4 Å². The third kappa shape index (κ3) is 4.80. The van der Waals surface area contributed by atoms with Gasteiger partial charge in [-0.3, -0.25) is 0 Å². The van der Waals surface area contributed by atoms with Crippen LogP contribution in [0.25, 0.3) is 0 Å². The molecular weight excluding hydrogens is 378 g/mol. The largest absolute Gasteiger partial charge is 0.497 e. The third-order valence-corrected chi connectivity index (χ3v) is 5.05. The van der Waals surface area contributed by atoms with E-state index >= 15 is 0 Å². The van der Waals surface area contributed by atoms with Crippen LogP contribution in [0.2, 0.25) is 0 Å². The van der Waals surface area contributed by atoms with Crippen molar-refractivity contribution in [1.82, 2.24) is 9.97 Å². The predicted octanol–water partition coefficient (Wildman–Crippen LogP) is 4.43. The molecule has 156 valence electrons. The fourth-order valence-electron chi connectivity index (χ4n) is 3.32. The molecule has 1 aliphatic rings. The highest BCUT2D eigenvalue weighted by Gasteiger charge is 2.16. The number of aromatic nitrogens is 2. The van der Waals surface area contributed by atoms with Crippen LogP contribution < -0.4 is 20.3 Å². The molecule has 0 radical (unpaired) electrons. The summed E-state index contributed by atoms with van der Waals surface area (Å²) in [6.45, 7) is 7.18. The maximum Gasteiger partial charge on any atom is 0.231 e. The smallest absolute Gasteiger partial charge is 0.231 e. The van der Waals surface area contributed by atoms with Crippen molar-refractivity contribution >= 4 is 29.0 Å². The molecule has 0 saturated carbocycles. The van der Waals surface area contributed by atoms with E-state index in [-0.39, 0.29) is 0 Å². The van der Waals surface area contributed by atoms with Crippen LogP contribution in [0.1, 0.15) is 11.1 Å². The van der Waals surface area contributed by atoms with Crippen LogP contribution in [-0.2, 0) is 4.74 Å². The lowest BCUT2D eigenvalue weighted by molar-refractivity contribution is 0.122. The zero-order valence-electron chi connectivity index (χ0n) is 17.6. The second kappa shape index (κ2) is 9.00. The molecule has 1 fully saturated rings. The number of morpholine rings is 1. The van der Waals surface area contributed by atoms with Crippen LogP contribution in [0.3, 0.4) is 0 Å². The highest BCUT2D eigenvalue weighted by Crippen LogP contribution is 2.26. The second-order valence-electron chi connectivity index (χ2n) is 7.33. The molecule has 7 nitrogen and oxygen atoms in total. The van der Waals surface area contributed by atoms with Crippen molar-refractivity contribution < 1.29 is 9.47 Å². The fourth-order valence-corrected chi connectivity index (χ4v) is 3.32. The van der Waals surface area contributed by atoms with Crippen molar-refractivity contribution in [3.63, 3.8) is 0 Å². The lowest BCUT2D eigenvalue weighted by Gasteiger charge is -2.28. The van der Waals surface area contributed by atoms with Gasteiger partial charge in [0.05, 0.1) is 20.3 Å². The first kappa shape index (κ1) is 20.0. The van der Waals surface area contributed by atoms with E-state index in [0.29, 0.717) is 19.2 Å². The highest BCUT2D eigenvalue weighted by atomic mass is 16.5. The van der Waals surface area contributed by atoms with Crippen molar-refractivity contribution in [3.05, 3.63) is 59.7 Å². The number of nitrogens with zero attached hydrogens (tertiary/aromatic N) is 3. The molecule has 1 saturated heterocycles. The molecule has 2 aromatic carbocycles. The summed E-state index contributed by atoms with van der Waals surface area (Å²) < 4.78 is 10.7. The molecule has 30 heavy (non-hydrogen) atoms. The van der Waals surface area contributed by atoms with Crippen molar-refractivity contribution in [2.75, 3.05) is 48.9 Å². The van der Waals surface area contributed by atoms with E-state index in [1.54, 1.807) is 7.11 Å². The monoisotopic (exact) mass is 405 g/mol. The number of hydrogen-bond donors (Lipinski definition) is 2. The standard InChI is InChI=1S/C23H27N5O2/c1-16-4-5-17(2)20(14-16)25-21-15-22(28-10-12-30-13-11-28)27-23(26-21)24-18-6-8-19(29-3)9-7-18/h4-9,14-15H,10-13H2,1-3H3,(H2,24,25,26,27). The number of aryl methyl sites for hydroxylation is 2. The van der Waals surface area contributed by atoms with Crippen LogP contribution in [0, 0.1) is 13.8 Å². The first-order chi connectivity index (χ1) is 14.6. The van der Waals surface area contributed by atoms with Crippen LogP contribution in [0.5, 0.6) is 5.75 Å². The summed E-state index contributed by atoms with van der Waals surface area (Å²) >= 11 is 0. The van der Waals surface area contributed by atoms with E-state index in [2.05, 4.69) is 47.6 Å². The molecule has 1 aromatic heterocycles. The number of methoxy groups -OCH3 is 1. The summed E-state index contributed by atoms with van der Waals surface area (Å²) in [5, 5.41) is 6.78. The van der Waals surface area contributed by atoms with Gasteiger partial charge in [0.15, 0.2) is 0 Å². The number of benzene rings is 2. The van der Waals surface area contributed by atoms with Gasteiger partial charge in [-0.2, -0.15) is 9.97 Å². The zero-order chi connectivity index (χ0) is 20.9. The summed E-state index contributed by atoms with van der Waals surface area (Å²) in [4.78, 5) is 11.7. The molecule has 1 aliphatic heterocycles. The Kier molecular flexibility index (Phi) is 5.99. The van der Waals surface area contributed by atoms with Gasteiger partial charge in [-0.15, -0.1) is 0 Å². The van der Waals surface area contributed by atoms with Gasteiger partial charge in [-0.05, 0) is 55.3 Å². The van der Waals surface area contributed by atoms with E-state index in [9.17, 15) is 0 Å². The van der Waals surface area contributed by atoms with Crippen LogP contribution in [0.15, 0.2) is 48.5 Å². The van der Waals surface area contributed by atoms with Gasteiger partial charge in [0, 0.05) is 30.5 Å². The molecule has 7 heteroatoms. The number of hydrogen-bond acceptors (Lipinski definition) is 7. The summed E-state index contributed by atoms with van der Waals surface area (Å²) in [5.41, 5.74) is 4.29. The quantitative estimate of drug-likeness (QED) is 0.629. The van der Waals surface area contributed by atoms with E-state index in [4.69, 9.17) is 19.4 Å². The van der Waals surface area contributed by atoms with Crippen molar-refractivity contribution in [3.8, 4) is 5.75 Å². The minimum Gasteiger partial charge on any atom is -0.497 e. The highest BCUT2D eigenvalue weighted by molar-refractivity contribution is 5.66. The number of anilines is 5. The Hall–Kier alpha value is -3.32. The Morgan fingerprint density at radius 2 is 1.70 bits per heavy atom. The minimum atomic E-state index is 0.539. The maximum absolute atomic E-state index is 5.50. The Morgan fingerprint density at radius 3 is 2.43 bits per heavy atom. The molecule has 0 amide bonds. The van der Waals surface area contributed by atoms with E-state index in [1.165, 1.54) is 5.56 Å². The topological polar surface area (TPSA) is 71.5 Å². The molecule has 0 aliphatic carbocycles. The van der Waals surface area contributed by atoms with E-state index in [1.807, 2.05) is 30.3 Å². The molecule has 2 heterocycles. The number of ether oxygens (including phenoxy) is 2. The number of rotatable bonds is 6. The summed E-state index contributed by atoms with van der Waals surface area (Å²) in [5.74, 6) is 2.96. The van der Waals surface area contributed by atoms with Crippen molar-refractivity contribution in [1.29, 1.82) is 0 Å².